The monoisotopic (exact) mass is 379 g/mol. The molecule has 4 nitrogen and oxygen atoms in total. The molecule has 1 unspecified atom stereocenters. The van der Waals surface area contributed by atoms with Crippen molar-refractivity contribution in [2.45, 2.75) is 64.3 Å². The van der Waals surface area contributed by atoms with Crippen LogP contribution in [0.15, 0.2) is 24.3 Å². The lowest BCUT2D eigenvalue weighted by Gasteiger charge is -2.35. The van der Waals surface area contributed by atoms with Gasteiger partial charge in [0.2, 0.25) is 5.91 Å². The predicted molar refractivity (Wildman–Crippen MR) is 104 cm³/mol. The van der Waals surface area contributed by atoms with Gasteiger partial charge in [-0.15, -0.1) is 0 Å². The van der Waals surface area contributed by atoms with Crippen molar-refractivity contribution in [1.29, 1.82) is 0 Å². The second-order valence-corrected chi connectivity index (χ2v) is 7.68. The molecule has 1 fully saturated rings. The van der Waals surface area contributed by atoms with Crippen LogP contribution >= 0.6 is 11.6 Å². The third-order valence-corrected chi connectivity index (χ3v) is 5.43. The SMILES string of the molecule is COC(=O)C(C)CN(C(=O)CCCc1ccc(Cl)cc1)C1CCCCC1. The molecule has 0 aliphatic heterocycles. The molecular weight excluding hydrogens is 350 g/mol. The molecule has 1 saturated carbocycles. The summed E-state index contributed by atoms with van der Waals surface area (Å²) < 4.78 is 4.84. The summed E-state index contributed by atoms with van der Waals surface area (Å²) in [5, 5.41) is 0.727. The highest BCUT2D eigenvalue weighted by Crippen LogP contribution is 2.25. The van der Waals surface area contributed by atoms with Gasteiger partial charge in [-0.1, -0.05) is 49.9 Å². The van der Waals surface area contributed by atoms with Crippen molar-refractivity contribution in [2.75, 3.05) is 13.7 Å². The van der Waals surface area contributed by atoms with E-state index < -0.39 is 0 Å². The smallest absolute Gasteiger partial charge is 0.310 e. The van der Waals surface area contributed by atoms with Crippen LogP contribution in [-0.4, -0.2) is 36.5 Å². The molecule has 0 radical (unpaired) electrons. The Morgan fingerprint density at radius 3 is 2.46 bits per heavy atom. The number of methoxy groups -OCH3 is 1. The minimum absolute atomic E-state index is 0.154. The first-order valence-electron chi connectivity index (χ1n) is 9.63. The molecule has 1 aromatic rings. The standard InChI is InChI=1S/C21H30ClNO3/c1-16(21(25)26-2)15-23(19-8-4-3-5-9-19)20(24)10-6-7-17-11-13-18(22)14-12-17/h11-14,16,19H,3-10,15H2,1-2H3. The van der Waals surface area contributed by atoms with Crippen molar-refractivity contribution >= 4 is 23.5 Å². The number of ether oxygens (including phenoxy) is 1. The van der Waals surface area contributed by atoms with Crippen LogP contribution in [-0.2, 0) is 20.7 Å². The average molecular weight is 380 g/mol. The summed E-state index contributed by atoms with van der Waals surface area (Å²) in [5.41, 5.74) is 1.19. The highest BCUT2D eigenvalue weighted by atomic mass is 35.5. The van der Waals surface area contributed by atoms with Gasteiger partial charge in [-0.05, 0) is 43.4 Å². The Hall–Kier alpha value is -1.55. The molecule has 1 aliphatic rings. The van der Waals surface area contributed by atoms with Gasteiger partial charge < -0.3 is 9.64 Å². The Labute approximate surface area is 161 Å². The Balaban J connectivity index is 1.92. The van der Waals surface area contributed by atoms with Gasteiger partial charge >= 0.3 is 5.97 Å². The zero-order valence-electron chi connectivity index (χ0n) is 15.9. The molecule has 1 amide bonds. The number of rotatable bonds is 8. The van der Waals surface area contributed by atoms with E-state index in [0.29, 0.717) is 13.0 Å². The fourth-order valence-corrected chi connectivity index (χ4v) is 3.78. The van der Waals surface area contributed by atoms with E-state index in [1.165, 1.54) is 19.1 Å². The third-order valence-electron chi connectivity index (χ3n) is 5.18. The van der Waals surface area contributed by atoms with Crippen LogP contribution < -0.4 is 0 Å². The average Bonchev–Trinajstić information content (AvgIpc) is 2.67. The van der Waals surface area contributed by atoms with Crippen LogP contribution in [0.5, 0.6) is 0 Å². The van der Waals surface area contributed by atoms with E-state index in [0.717, 1.165) is 43.5 Å². The number of hydrogen-bond donors (Lipinski definition) is 0. The summed E-state index contributed by atoms with van der Waals surface area (Å²) in [6.07, 6.45) is 7.80. The molecule has 1 atom stereocenters. The molecule has 144 valence electrons. The van der Waals surface area contributed by atoms with Gasteiger partial charge in [0.15, 0.2) is 0 Å². The van der Waals surface area contributed by atoms with Crippen molar-refractivity contribution in [3.8, 4) is 0 Å². The highest BCUT2D eigenvalue weighted by Gasteiger charge is 2.28. The zero-order chi connectivity index (χ0) is 18.9. The fourth-order valence-electron chi connectivity index (χ4n) is 3.66. The molecular formula is C21H30ClNO3. The van der Waals surface area contributed by atoms with Crippen molar-refractivity contribution in [2.24, 2.45) is 5.92 Å². The van der Waals surface area contributed by atoms with E-state index in [9.17, 15) is 9.59 Å². The summed E-state index contributed by atoms with van der Waals surface area (Å²) in [4.78, 5) is 26.6. The van der Waals surface area contributed by atoms with E-state index in [-0.39, 0.29) is 23.8 Å². The van der Waals surface area contributed by atoms with E-state index in [4.69, 9.17) is 16.3 Å². The number of carbonyl (C=O) groups excluding carboxylic acids is 2. The van der Waals surface area contributed by atoms with Gasteiger partial charge in [-0.3, -0.25) is 9.59 Å². The number of benzene rings is 1. The fraction of sp³-hybridized carbons (Fsp3) is 0.619. The molecule has 0 spiro atoms. The van der Waals surface area contributed by atoms with Crippen LogP contribution in [0, 0.1) is 5.92 Å². The van der Waals surface area contributed by atoms with Crippen LogP contribution in [0.2, 0.25) is 5.02 Å². The molecule has 5 heteroatoms. The maximum Gasteiger partial charge on any atom is 0.310 e. The lowest BCUT2D eigenvalue weighted by atomic mass is 9.93. The maximum absolute atomic E-state index is 12.9. The van der Waals surface area contributed by atoms with Gasteiger partial charge in [0.1, 0.15) is 0 Å². The molecule has 0 bridgehead atoms. The second-order valence-electron chi connectivity index (χ2n) is 7.24. The van der Waals surface area contributed by atoms with Crippen LogP contribution in [0.1, 0.15) is 57.4 Å². The van der Waals surface area contributed by atoms with Gasteiger partial charge in [0.25, 0.3) is 0 Å². The molecule has 0 N–H and O–H groups in total. The van der Waals surface area contributed by atoms with Crippen LogP contribution in [0.3, 0.4) is 0 Å². The Bertz CT molecular complexity index is 581. The highest BCUT2D eigenvalue weighted by molar-refractivity contribution is 6.30. The number of carbonyl (C=O) groups is 2. The number of esters is 1. The first kappa shape index (κ1) is 20.8. The molecule has 1 aliphatic carbocycles. The molecule has 0 aromatic heterocycles. The summed E-state index contributed by atoms with van der Waals surface area (Å²) in [7, 11) is 1.40. The maximum atomic E-state index is 12.9. The third kappa shape index (κ3) is 6.31. The predicted octanol–water partition coefficient (Wildman–Crippen LogP) is 4.63. The van der Waals surface area contributed by atoms with Gasteiger partial charge in [0.05, 0.1) is 13.0 Å². The topological polar surface area (TPSA) is 46.6 Å². The Morgan fingerprint density at radius 2 is 1.85 bits per heavy atom. The minimum Gasteiger partial charge on any atom is -0.469 e. The summed E-state index contributed by atoms with van der Waals surface area (Å²) in [5.74, 6) is -0.386. The van der Waals surface area contributed by atoms with Crippen molar-refractivity contribution in [3.05, 3.63) is 34.9 Å². The number of amides is 1. The molecule has 0 saturated heterocycles. The van der Waals surface area contributed by atoms with Gasteiger partial charge in [-0.2, -0.15) is 0 Å². The Morgan fingerprint density at radius 1 is 1.19 bits per heavy atom. The Kier molecular flexibility index (Phi) is 8.43. The van der Waals surface area contributed by atoms with E-state index in [1.54, 1.807) is 0 Å². The zero-order valence-corrected chi connectivity index (χ0v) is 16.6. The van der Waals surface area contributed by atoms with E-state index in [2.05, 4.69) is 0 Å². The van der Waals surface area contributed by atoms with Gasteiger partial charge in [0, 0.05) is 24.0 Å². The number of hydrogen-bond acceptors (Lipinski definition) is 3. The van der Waals surface area contributed by atoms with Crippen molar-refractivity contribution < 1.29 is 14.3 Å². The van der Waals surface area contributed by atoms with Crippen molar-refractivity contribution in [1.82, 2.24) is 4.90 Å². The van der Waals surface area contributed by atoms with Gasteiger partial charge in [-0.25, -0.2) is 0 Å². The first-order valence-corrected chi connectivity index (χ1v) is 10.0. The largest absolute Gasteiger partial charge is 0.469 e. The minimum atomic E-state index is -0.290. The number of halogens is 1. The lowest BCUT2D eigenvalue weighted by Crippen LogP contribution is -2.45. The normalized spacial score (nSPS) is 16.1. The molecule has 26 heavy (non-hydrogen) atoms. The first-order chi connectivity index (χ1) is 12.5. The van der Waals surface area contributed by atoms with Crippen LogP contribution in [0.4, 0.5) is 0 Å². The van der Waals surface area contributed by atoms with Crippen LogP contribution in [0.25, 0.3) is 0 Å². The summed E-state index contributed by atoms with van der Waals surface area (Å²) in [6.45, 7) is 2.29. The molecule has 2 rings (SSSR count). The quantitative estimate of drug-likeness (QED) is 0.618. The summed E-state index contributed by atoms with van der Waals surface area (Å²) in [6, 6.07) is 8.03. The van der Waals surface area contributed by atoms with Crippen molar-refractivity contribution in [3.63, 3.8) is 0 Å². The lowest BCUT2D eigenvalue weighted by molar-refractivity contribution is -0.147. The number of nitrogens with zero attached hydrogens (tertiary/aromatic N) is 1. The number of aryl methyl sites for hydroxylation is 1. The van der Waals surface area contributed by atoms with E-state index >= 15 is 0 Å². The molecule has 0 heterocycles. The second kappa shape index (κ2) is 10.6. The molecule has 1 aromatic carbocycles. The summed E-state index contributed by atoms with van der Waals surface area (Å²) >= 11 is 5.91. The van der Waals surface area contributed by atoms with E-state index in [1.807, 2.05) is 36.1 Å².